The van der Waals surface area contributed by atoms with Gasteiger partial charge in [0.2, 0.25) is 5.91 Å². The van der Waals surface area contributed by atoms with Gasteiger partial charge in [0, 0.05) is 6.54 Å². The van der Waals surface area contributed by atoms with Crippen LogP contribution in [0.3, 0.4) is 0 Å². The summed E-state index contributed by atoms with van der Waals surface area (Å²) in [6.07, 6.45) is 2.58. The van der Waals surface area contributed by atoms with Crippen LogP contribution in [0.5, 0.6) is 0 Å². The lowest BCUT2D eigenvalue weighted by molar-refractivity contribution is -0.137. The maximum absolute atomic E-state index is 11.9. The Balaban J connectivity index is 2.01. The van der Waals surface area contributed by atoms with Crippen LogP contribution in [-0.4, -0.2) is 23.5 Å². The van der Waals surface area contributed by atoms with E-state index >= 15 is 0 Å². The molecule has 1 atom stereocenters. The summed E-state index contributed by atoms with van der Waals surface area (Å²) in [6, 6.07) is 4.12. The topological polar surface area (TPSA) is 57.6 Å². The molecule has 1 aromatic rings. The first kappa shape index (κ1) is 12.2. The van der Waals surface area contributed by atoms with E-state index in [1.54, 1.807) is 0 Å². The van der Waals surface area contributed by atoms with Crippen molar-refractivity contribution in [2.45, 2.75) is 38.5 Å². The molecular weight excluding hydrogens is 242 g/mol. The molecule has 0 saturated heterocycles. The summed E-state index contributed by atoms with van der Waals surface area (Å²) in [5, 5.41) is 8.90. The molecule has 2 heterocycles. The lowest BCUT2D eigenvalue weighted by Gasteiger charge is -2.26. The van der Waals surface area contributed by atoms with Crippen molar-refractivity contribution in [2.75, 3.05) is 11.4 Å². The molecule has 1 N–H and O–H groups in total. The second-order valence-corrected chi connectivity index (χ2v) is 5.51. The first-order chi connectivity index (χ1) is 9.06. The number of carbonyl (C=O) groups excluding carboxylic acids is 1. The van der Waals surface area contributed by atoms with Crippen molar-refractivity contribution in [1.82, 2.24) is 0 Å². The highest BCUT2D eigenvalue weighted by molar-refractivity contribution is 6.02. The third-order valence-electron chi connectivity index (χ3n) is 4.08. The number of carbonyl (C=O) groups is 2. The summed E-state index contributed by atoms with van der Waals surface area (Å²) in [4.78, 5) is 24.7. The Bertz CT molecular complexity index is 565. The Morgan fingerprint density at radius 1 is 1.42 bits per heavy atom. The Morgan fingerprint density at radius 3 is 2.89 bits per heavy atom. The zero-order valence-electron chi connectivity index (χ0n) is 11.0. The fraction of sp³-hybridized carbons (Fsp3) is 0.467. The number of rotatable bonds is 3. The van der Waals surface area contributed by atoms with E-state index in [1.165, 1.54) is 5.56 Å². The molecule has 4 nitrogen and oxygen atoms in total. The molecule has 0 radical (unpaired) electrons. The van der Waals surface area contributed by atoms with Gasteiger partial charge in [-0.15, -0.1) is 0 Å². The maximum Gasteiger partial charge on any atom is 0.303 e. The Morgan fingerprint density at radius 2 is 2.16 bits per heavy atom. The molecule has 2 aliphatic rings. The average Bonchev–Trinajstić information content (AvgIpc) is 2.67. The van der Waals surface area contributed by atoms with Gasteiger partial charge >= 0.3 is 5.97 Å². The Kier molecular flexibility index (Phi) is 2.81. The number of nitrogens with zero attached hydrogens (tertiary/aromatic N) is 1. The van der Waals surface area contributed by atoms with E-state index < -0.39 is 5.97 Å². The molecule has 0 fully saturated rings. The van der Waals surface area contributed by atoms with Crippen molar-refractivity contribution in [2.24, 2.45) is 0 Å². The van der Waals surface area contributed by atoms with Gasteiger partial charge in [-0.25, -0.2) is 0 Å². The van der Waals surface area contributed by atoms with Crippen molar-refractivity contribution in [3.05, 3.63) is 28.8 Å². The molecular formula is C15H17NO3. The lowest BCUT2D eigenvalue weighted by Crippen LogP contribution is -2.31. The second-order valence-electron chi connectivity index (χ2n) is 5.51. The van der Waals surface area contributed by atoms with Crippen LogP contribution in [0, 0.1) is 0 Å². The molecule has 0 bridgehead atoms. The number of benzene rings is 1. The van der Waals surface area contributed by atoms with Gasteiger partial charge in [-0.1, -0.05) is 19.1 Å². The van der Waals surface area contributed by atoms with Crippen LogP contribution < -0.4 is 4.90 Å². The van der Waals surface area contributed by atoms with Crippen LogP contribution in [-0.2, 0) is 22.4 Å². The molecule has 19 heavy (non-hydrogen) atoms. The SMILES string of the molecule is CC(CC(=O)O)c1cc2c3c(c1)CC(=O)N3CCC2. The van der Waals surface area contributed by atoms with Gasteiger partial charge in [-0.2, -0.15) is 0 Å². The monoisotopic (exact) mass is 259 g/mol. The molecule has 4 heteroatoms. The summed E-state index contributed by atoms with van der Waals surface area (Å²) in [7, 11) is 0. The van der Waals surface area contributed by atoms with E-state index in [0.29, 0.717) is 6.42 Å². The molecule has 1 aromatic carbocycles. The first-order valence-electron chi connectivity index (χ1n) is 6.74. The van der Waals surface area contributed by atoms with Crippen LogP contribution in [0.1, 0.15) is 42.4 Å². The molecule has 100 valence electrons. The average molecular weight is 259 g/mol. The van der Waals surface area contributed by atoms with Crippen molar-refractivity contribution < 1.29 is 14.7 Å². The summed E-state index contributed by atoms with van der Waals surface area (Å²) in [6.45, 7) is 2.75. The molecule has 1 unspecified atom stereocenters. The number of anilines is 1. The molecule has 0 spiro atoms. The highest BCUT2D eigenvalue weighted by atomic mass is 16.4. The maximum atomic E-state index is 11.9. The Hall–Kier alpha value is -1.84. The summed E-state index contributed by atoms with van der Waals surface area (Å²) >= 11 is 0. The highest BCUT2D eigenvalue weighted by Gasteiger charge is 2.32. The lowest BCUT2D eigenvalue weighted by atomic mass is 9.90. The fourth-order valence-electron chi connectivity index (χ4n) is 3.17. The van der Waals surface area contributed by atoms with Crippen LogP contribution in [0.4, 0.5) is 5.69 Å². The molecule has 0 aromatic heterocycles. The largest absolute Gasteiger partial charge is 0.481 e. The van der Waals surface area contributed by atoms with Crippen molar-refractivity contribution in [1.29, 1.82) is 0 Å². The minimum Gasteiger partial charge on any atom is -0.481 e. The van der Waals surface area contributed by atoms with Crippen molar-refractivity contribution >= 4 is 17.6 Å². The summed E-state index contributed by atoms with van der Waals surface area (Å²) < 4.78 is 0. The highest BCUT2D eigenvalue weighted by Crippen LogP contribution is 2.39. The number of aryl methyl sites for hydroxylation is 1. The number of carboxylic acid groups (broad SMARTS) is 1. The third kappa shape index (κ3) is 2.01. The van der Waals surface area contributed by atoms with E-state index in [0.717, 1.165) is 36.2 Å². The quantitative estimate of drug-likeness (QED) is 0.904. The molecule has 0 aliphatic carbocycles. The van der Waals surface area contributed by atoms with Gasteiger partial charge in [-0.05, 0) is 35.4 Å². The normalized spacial score (nSPS) is 18.4. The zero-order valence-corrected chi connectivity index (χ0v) is 11.0. The van der Waals surface area contributed by atoms with E-state index in [4.69, 9.17) is 5.11 Å². The molecule has 2 aliphatic heterocycles. The van der Waals surface area contributed by atoms with Gasteiger partial charge in [0.15, 0.2) is 0 Å². The van der Waals surface area contributed by atoms with Crippen LogP contribution in [0.25, 0.3) is 0 Å². The molecule has 1 amide bonds. The van der Waals surface area contributed by atoms with Crippen LogP contribution >= 0.6 is 0 Å². The van der Waals surface area contributed by atoms with E-state index in [2.05, 4.69) is 6.07 Å². The number of amides is 1. The van der Waals surface area contributed by atoms with E-state index in [-0.39, 0.29) is 18.2 Å². The number of carboxylic acids is 1. The van der Waals surface area contributed by atoms with E-state index in [1.807, 2.05) is 17.9 Å². The van der Waals surface area contributed by atoms with Crippen molar-refractivity contribution in [3.8, 4) is 0 Å². The molecule has 3 rings (SSSR count). The van der Waals surface area contributed by atoms with E-state index in [9.17, 15) is 9.59 Å². The van der Waals surface area contributed by atoms with Gasteiger partial charge in [0.25, 0.3) is 0 Å². The second kappa shape index (κ2) is 4.37. The standard InChI is InChI=1S/C15H17NO3/c1-9(5-14(18)19)11-6-10-3-2-4-16-13(17)8-12(7-11)15(10)16/h6-7,9H,2-5,8H2,1H3,(H,18,19). The van der Waals surface area contributed by atoms with Gasteiger partial charge in [0.05, 0.1) is 18.5 Å². The molecule has 0 saturated carbocycles. The minimum atomic E-state index is -0.778. The predicted molar refractivity (Wildman–Crippen MR) is 71.5 cm³/mol. The van der Waals surface area contributed by atoms with Gasteiger partial charge in [0.1, 0.15) is 0 Å². The minimum absolute atomic E-state index is 0.00914. The van der Waals surface area contributed by atoms with Gasteiger partial charge in [-0.3, -0.25) is 9.59 Å². The Labute approximate surface area is 112 Å². The zero-order chi connectivity index (χ0) is 13.6. The number of hydrogen-bond donors (Lipinski definition) is 1. The fourth-order valence-corrected chi connectivity index (χ4v) is 3.17. The van der Waals surface area contributed by atoms with Gasteiger partial charge < -0.3 is 10.0 Å². The summed E-state index contributed by atoms with van der Waals surface area (Å²) in [5.74, 6) is -0.608. The number of hydrogen-bond acceptors (Lipinski definition) is 2. The van der Waals surface area contributed by atoms with Crippen molar-refractivity contribution in [3.63, 3.8) is 0 Å². The first-order valence-corrected chi connectivity index (χ1v) is 6.74. The number of aliphatic carboxylic acids is 1. The third-order valence-corrected chi connectivity index (χ3v) is 4.08. The summed E-state index contributed by atoms with van der Waals surface area (Å²) in [5.41, 5.74) is 4.44. The van der Waals surface area contributed by atoms with Crippen LogP contribution in [0.2, 0.25) is 0 Å². The van der Waals surface area contributed by atoms with Crippen LogP contribution in [0.15, 0.2) is 12.1 Å². The smallest absolute Gasteiger partial charge is 0.303 e. The predicted octanol–water partition coefficient (Wildman–Crippen LogP) is 2.10.